The molecule has 1 saturated heterocycles. The molecule has 1 atom stereocenters. The Morgan fingerprint density at radius 2 is 2.07 bits per heavy atom. The van der Waals surface area contributed by atoms with E-state index in [1.807, 2.05) is 0 Å². The maximum absolute atomic E-state index is 11.4. The first-order valence-corrected chi connectivity index (χ1v) is 4.42. The molecule has 5 nitrogen and oxygen atoms in total. The number of methoxy groups -OCH3 is 1. The second-order valence-corrected chi connectivity index (χ2v) is 3.27. The Morgan fingerprint density at radius 1 is 1.47 bits per heavy atom. The van der Waals surface area contributed by atoms with E-state index in [9.17, 15) is 14.4 Å². The first-order chi connectivity index (χ1) is 6.56. The molecule has 1 amide bonds. The number of ether oxygens (including phenoxy) is 1. The summed E-state index contributed by atoms with van der Waals surface area (Å²) in [6.45, 7) is 1.88. The molecule has 1 aliphatic rings. The molecule has 1 rings (SSSR count). The molecular weight excluding hydrogens is 222 g/mol. The molecule has 0 aromatic rings. The number of carbonyl (C=O) groups is 3. The van der Waals surface area contributed by atoms with Gasteiger partial charge in [-0.3, -0.25) is 14.4 Å². The molecule has 1 aliphatic heterocycles. The van der Waals surface area contributed by atoms with Crippen LogP contribution in [0.3, 0.4) is 0 Å². The summed E-state index contributed by atoms with van der Waals surface area (Å²) >= 11 is 0. The summed E-state index contributed by atoms with van der Waals surface area (Å²) in [7, 11) is 1.26. The van der Waals surface area contributed by atoms with Crippen molar-refractivity contribution in [2.75, 3.05) is 20.2 Å². The smallest absolute Gasteiger partial charge is 0.316 e. The van der Waals surface area contributed by atoms with Gasteiger partial charge in [-0.15, -0.1) is 12.4 Å². The van der Waals surface area contributed by atoms with Crippen LogP contribution in [0.4, 0.5) is 0 Å². The van der Waals surface area contributed by atoms with Gasteiger partial charge >= 0.3 is 5.97 Å². The second-order valence-electron chi connectivity index (χ2n) is 3.27. The largest absolute Gasteiger partial charge is 0.468 e. The number of rotatable bonds is 1. The number of Topliss-reactive ketones (excluding diaryl/α,β-unsaturated/α-hetero) is 1. The highest BCUT2D eigenvalue weighted by atomic mass is 35.5. The third-order valence-corrected chi connectivity index (χ3v) is 2.35. The van der Waals surface area contributed by atoms with Gasteiger partial charge in [0.25, 0.3) is 0 Å². The predicted molar refractivity (Wildman–Crippen MR) is 54.6 cm³/mol. The van der Waals surface area contributed by atoms with E-state index in [0.717, 1.165) is 0 Å². The van der Waals surface area contributed by atoms with E-state index in [0.29, 0.717) is 13.0 Å². The summed E-state index contributed by atoms with van der Waals surface area (Å²) < 4.78 is 4.49. The third-order valence-electron chi connectivity index (χ3n) is 2.35. The monoisotopic (exact) mass is 235 g/mol. The van der Waals surface area contributed by atoms with Gasteiger partial charge in [0.1, 0.15) is 5.92 Å². The van der Waals surface area contributed by atoms with Gasteiger partial charge in [0.05, 0.1) is 13.7 Å². The standard InChI is InChI=1S/C9H13NO4.ClH/c1-6(11)10-4-3-7(8(12)5-10)9(13)14-2;/h7H,3-5H2,1-2H3;1H. The van der Waals surface area contributed by atoms with Crippen LogP contribution in [0.2, 0.25) is 0 Å². The minimum Gasteiger partial charge on any atom is -0.468 e. The van der Waals surface area contributed by atoms with Crippen molar-refractivity contribution >= 4 is 30.1 Å². The normalized spacial score (nSPS) is 20.5. The number of nitrogens with zero attached hydrogens (tertiary/aromatic N) is 1. The van der Waals surface area contributed by atoms with Crippen molar-refractivity contribution in [3.05, 3.63) is 0 Å². The highest BCUT2D eigenvalue weighted by molar-refractivity contribution is 6.01. The lowest BCUT2D eigenvalue weighted by molar-refractivity contribution is -0.153. The van der Waals surface area contributed by atoms with E-state index in [1.54, 1.807) is 0 Å². The fraction of sp³-hybridized carbons (Fsp3) is 0.667. The second kappa shape index (κ2) is 5.70. The van der Waals surface area contributed by atoms with Crippen LogP contribution in [-0.4, -0.2) is 42.8 Å². The number of halogens is 1. The molecule has 0 aromatic carbocycles. The summed E-state index contributed by atoms with van der Waals surface area (Å²) in [6, 6.07) is 0. The SMILES string of the molecule is COC(=O)C1CCN(C(C)=O)CC1=O.Cl. The summed E-state index contributed by atoms with van der Waals surface area (Å²) in [4.78, 5) is 34.9. The van der Waals surface area contributed by atoms with Gasteiger partial charge in [0.15, 0.2) is 5.78 Å². The zero-order valence-corrected chi connectivity index (χ0v) is 9.50. The van der Waals surface area contributed by atoms with E-state index < -0.39 is 11.9 Å². The number of ketones is 1. The van der Waals surface area contributed by atoms with E-state index in [-0.39, 0.29) is 30.6 Å². The lowest BCUT2D eigenvalue weighted by atomic mass is 9.95. The lowest BCUT2D eigenvalue weighted by Crippen LogP contribution is -2.45. The highest BCUT2D eigenvalue weighted by Gasteiger charge is 2.33. The van der Waals surface area contributed by atoms with Crippen molar-refractivity contribution in [1.82, 2.24) is 4.90 Å². The van der Waals surface area contributed by atoms with Gasteiger partial charge in [-0.25, -0.2) is 0 Å². The van der Waals surface area contributed by atoms with E-state index >= 15 is 0 Å². The predicted octanol–water partition coefficient (Wildman–Crippen LogP) is 0.0187. The zero-order chi connectivity index (χ0) is 10.7. The number of hydrogen-bond donors (Lipinski definition) is 0. The Morgan fingerprint density at radius 3 is 2.47 bits per heavy atom. The number of carbonyl (C=O) groups excluding carboxylic acids is 3. The van der Waals surface area contributed by atoms with Crippen LogP contribution >= 0.6 is 12.4 Å². The summed E-state index contributed by atoms with van der Waals surface area (Å²) in [5.74, 6) is -1.56. The van der Waals surface area contributed by atoms with Crippen LogP contribution in [0.1, 0.15) is 13.3 Å². The third kappa shape index (κ3) is 3.20. The van der Waals surface area contributed by atoms with Gasteiger partial charge in [0, 0.05) is 13.5 Å². The van der Waals surface area contributed by atoms with Crippen LogP contribution in [0, 0.1) is 5.92 Å². The average Bonchev–Trinajstić information content (AvgIpc) is 2.16. The first kappa shape index (κ1) is 13.9. The molecule has 6 heteroatoms. The van der Waals surface area contributed by atoms with Crippen molar-refractivity contribution in [3.63, 3.8) is 0 Å². The van der Waals surface area contributed by atoms with Gasteiger partial charge in [-0.1, -0.05) is 0 Å². The van der Waals surface area contributed by atoms with E-state index in [1.165, 1.54) is 18.9 Å². The fourth-order valence-electron chi connectivity index (χ4n) is 1.48. The Bertz CT molecular complexity index is 279. The minimum atomic E-state index is -0.685. The van der Waals surface area contributed by atoms with Crippen LogP contribution in [-0.2, 0) is 19.1 Å². The number of esters is 1. The highest BCUT2D eigenvalue weighted by Crippen LogP contribution is 2.15. The van der Waals surface area contributed by atoms with Crippen LogP contribution in [0.5, 0.6) is 0 Å². The molecule has 0 aromatic heterocycles. The minimum absolute atomic E-state index is 0. The van der Waals surface area contributed by atoms with Crippen LogP contribution in [0.15, 0.2) is 0 Å². The van der Waals surface area contributed by atoms with Gasteiger partial charge < -0.3 is 9.64 Å². The van der Waals surface area contributed by atoms with Gasteiger partial charge in [-0.05, 0) is 6.42 Å². The van der Waals surface area contributed by atoms with Crippen molar-refractivity contribution in [2.24, 2.45) is 5.92 Å². The van der Waals surface area contributed by atoms with E-state index in [2.05, 4.69) is 4.74 Å². The topological polar surface area (TPSA) is 63.7 Å². The Labute approximate surface area is 94.2 Å². The Kier molecular flexibility index (Phi) is 5.28. The lowest BCUT2D eigenvalue weighted by Gasteiger charge is -2.28. The maximum atomic E-state index is 11.4. The quantitative estimate of drug-likeness (QED) is 0.475. The molecule has 1 heterocycles. The average molecular weight is 236 g/mol. The molecule has 0 radical (unpaired) electrons. The van der Waals surface area contributed by atoms with E-state index in [4.69, 9.17) is 0 Å². The number of hydrogen-bond acceptors (Lipinski definition) is 4. The number of piperidine rings is 1. The van der Waals surface area contributed by atoms with Crippen molar-refractivity contribution in [1.29, 1.82) is 0 Å². The Hall–Kier alpha value is -1.10. The Balaban J connectivity index is 0.00000196. The molecule has 1 fully saturated rings. The molecule has 15 heavy (non-hydrogen) atoms. The van der Waals surface area contributed by atoms with Crippen LogP contribution < -0.4 is 0 Å². The molecule has 0 N–H and O–H groups in total. The molecular formula is C9H14ClNO4. The maximum Gasteiger partial charge on any atom is 0.316 e. The first-order valence-electron chi connectivity index (χ1n) is 4.42. The number of amides is 1. The van der Waals surface area contributed by atoms with Crippen molar-refractivity contribution < 1.29 is 19.1 Å². The molecule has 1 unspecified atom stereocenters. The van der Waals surface area contributed by atoms with Gasteiger partial charge in [-0.2, -0.15) is 0 Å². The van der Waals surface area contributed by atoms with Crippen molar-refractivity contribution in [2.45, 2.75) is 13.3 Å². The fourth-order valence-corrected chi connectivity index (χ4v) is 1.48. The summed E-state index contributed by atoms with van der Waals surface area (Å²) in [5, 5.41) is 0. The molecule has 0 spiro atoms. The van der Waals surface area contributed by atoms with Crippen molar-refractivity contribution in [3.8, 4) is 0 Å². The number of likely N-dealkylation sites (tertiary alicyclic amines) is 1. The summed E-state index contributed by atoms with van der Waals surface area (Å²) in [5.41, 5.74) is 0. The van der Waals surface area contributed by atoms with Gasteiger partial charge in [0.2, 0.25) is 5.91 Å². The molecule has 0 aliphatic carbocycles. The summed E-state index contributed by atoms with van der Waals surface area (Å²) in [6.07, 6.45) is 0.366. The van der Waals surface area contributed by atoms with Crippen LogP contribution in [0.25, 0.3) is 0 Å². The zero-order valence-electron chi connectivity index (χ0n) is 8.69. The molecule has 0 saturated carbocycles. The molecule has 0 bridgehead atoms. The molecule has 86 valence electrons.